The zero-order chi connectivity index (χ0) is 21.8. The van der Waals surface area contributed by atoms with E-state index >= 15 is 0 Å². The summed E-state index contributed by atoms with van der Waals surface area (Å²) < 4.78 is 7.94. The van der Waals surface area contributed by atoms with Gasteiger partial charge in [-0.3, -0.25) is 0 Å². The largest absolute Gasteiger partial charge is 0.436 e. The number of benzene rings is 2. The molecule has 2 aromatic heterocycles. The van der Waals surface area contributed by atoms with Crippen molar-refractivity contribution in [2.45, 2.75) is 13.8 Å². The Labute approximate surface area is 179 Å². The lowest BCUT2D eigenvalue weighted by Crippen LogP contribution is -2.04. The van der Waals surface area contributed by atoms with Crippen LogP contribution in [0.15, 0.2) is 60.8 Å². The number of hydrogen-bond donors (Lipinski definition) is 1. The Balaban J connectivity index is 1.69. The van der Waals surface area contributed by atoms with Crippen LogP contribution in [0.5, 0.6) is 11.6 Å². The number of rotatable bonds is 5. The molecule has 7 nitrogen and oxygen atoms in total. The molecule has 0 spiro atoms. The SMILES string of the molecule is Cc1cc(/C=C/C#N)cc(C)c1Oc1nc(Nc2ccc(C#N)cc2)nn2cccc12. The normalized spacial score (nSPS) is 10.7. The molecule has 2 aromatic carbocycles. The van der Waals surface area contributed by atoms with Crippen molar-refractivity contribution in [3.05, 3.63) is 83.1 Å². The molecule has 2 heterocycles. The number of nitrogens with one attached hydrogen (secondary N) is 1. The third-order valence-corrected chi connectivity index (χ3v) is 4.66. The van der Waals surface area contributed by atoms with Crippen LogP contribution in [0, 0.1) is 36.5 Å². The number of nitrogens with zero attached hydrogens (tertiary/aromatic N) is 5. The van der Waals surface area contributed by atoms with Crippen molar-refractivity contribution in [1.29, 1.82) is 10.5 Å². The molecule has 4 aromatic rings. The minimum absolute atomic E-state index is 0.368. The maximum absolute atomic E-state index is 8.96. The van der Waals surface area contributed by atoms with Gasteiger partial charge in [-0.25, -0.2) is 4.52 Å². The molecule has 7 heteroatoms. The van der Waals surface area contributed by atoms with Crippen LogP contribution in [0.4, 0.5) is 11.6 Å². The van der Waals surface area contributed by atoms with Gasteiger partial charge in [0.25, 0.3) is 0 Å². The number of allylic oxidation sites excluding steroid dienone is 1. The summed E-state index contributed by atoms with van der Waals surface area (Å²) in [6, 6.07) is 18.8. The Kier molecular flexibility index (Phi) is 5.33. The van der Waals surface area contributed by atoms with Crippen molar-refractivity contribution in [3.63, 3.8) is 0 Å². The summed E-state index contributed by atoms with van der Waals surface area (Å²) in [5, 5.41) is 25.3. The predicted molar refractivity (Wildman–Crippen MR) is 118 cm³/mol. The highest BCUT2D eigenvalue weighted by atomic mass is 16.5. The highest BCUT2D eigenvalue weighted by Gasteiger charge is 2.14. The number of hydrogen-bond acceptors (Lipinski definition) is 6. The Hall–Kier alpha value is -4.62. The second kappa shape index (κ2) is 8.40. The monoisotopic (exact) mass is 406 g/mol. The van der Waals surface area contributed by atoms with Crippen LogP contribution in [0.3, 0.4) is 0 Å². The van der Waals surface area contributed by atoms with Gasteiger partial charge in [0, 0.05) is 18.0 Å². The molecule has 0 bridgehead atoms. The van der Waals surface area contributed by atoms with E-state index in [0.717, 1.165) is 27.9 Å². The molecule has 0 fully saturated rings. The number of aromatic nitrogens is 3. The fourth-order valence-corrected chi connectivity index (χ4v) is 3.26. The molecule has 150 valence electrons. The van der Waals surface area contributed by atoms with Crippen molar-refractivity contribution in [2.75, 3.05) is 5.32 Å². The van der Waals surface area contributed by atoms with Crippen LogP contribution in [0.2, 0.25) is 0 Å². The van der Waals surface area contributed by atoms with E-state index < -0.39 is 0 Å². The van der Waals surface area contributed by atoms with Crippen molar-refractivity contribution < 1.29 is 4.74 Å². The average Bonchev–Trinajstić information content (AvgIpc) is 3.24. The molecule has 0 atom stereocenters. The minimum Gasteiger partial charge on any atom is -0.436 e. The third-order valence-electron chi connectivity index (χ3n) is 4.66. The van der Waals surface area contributed by atoms with Gasteiger partial charge < -0.3 is 10.1 Å². The topological polar surface area (TPSA) is 99.0 Å². The van der Waals surface area contributed by atoms with Gasteiger partial charge in [0.05, 0.1) is 17.7 Å². The van der Waals surface area contributed by atoms with E-state index in [4.69, 9.17) is 15.3 Å². The van der Waals surface area contributed by atoms with Gasteiger partial charge in [-0.1, -0.05) is 0 Å². The van der Waals surface area contributed by atoms with Crippen molar-refractivity contribution in [1.82, 2.24) is 14.6 Å². The number of nitriles is 2. The van der Waals surface area contributed by atoms with E-state index in [1.54, 1.807) is 34.9 Å². The van der Waals surface area contributed by atoms with E-state index in [1.807, 2.05) is 50.4 Å². The molecule has 0 aliphatic carbocycles. The Bertz CT molecular complexity index is 1350. The zero-order valence-electron chi connectivity index (χ0n) is 17.0. The van der Waals surface area contributed by atoms with E-state index in [0.29, 0.717) is 23.1 Å². The molecule has 0 radical (unpaired) electrons. The van der Waals surface area contributed by atoms with Gasteiger partial charge in [0.1, 0.15) is 11.3 Å². The first-order chi connectivity index (χ1) is 15.1. The summed E-state index contributed by atoms with van der Waals surface area (Å²) in [5.41, 5.74) is 4.87. The van der Waals surface area contributed by atoms with Gasteiger partial charge in [-0.05, 0) is 85.1 Å². The third kappa shape index (κ3) is 4.21. The van der Waals surface area contributed by atoms with Crippen molar-refractivity contribution in [3.8, 4) is 23.8 Å². The lowest BCUT2D eigenvalue weighted by atomic mass is 10.1. The summed E-state index contributed by atoms with van der Waals surface area (Å²) in [7, 11) is 0. The summed E-state index contributed by atoms with van der Waals surface area (Å²) in [4.78, 5) is 4.57. The number of anilines is 2. The highest BCUT2D eigenvalue weighted by molar-refractivity contribution is 5.63. The molecule has 0 amide bonds. The van der Waals surface area contributed by atoms with Crippen LogP contribution in [0.25, 0.3) is 11.6 Å². The molecular weight excluding hydrogens is 388 g/mol. The lowest BCUT2D eigenvalue weighted by Gasteiger charge is -2.14. The quantitative estimate of drug-likeness (QED) is 0.452. The number of aryl methyl sites for hydroxylation is 2. The molecule has 0 aliphatic rings. The Morgan fingerprint density at radius 1 is 1.06 bits per heavy atom. The second-order valence-electron chi connectivity index (χ2n) is 6.94. The lowest BCUT2D eigenvalue weighted by molar-refractivity contribution is 0.457. The maximum Gasteiger partial charge on any atom is 0.248 e. The second-order valence-corrected chi connectivity index (χ2v) is 6.94. The molecule has 4 rings (SSSR count). The van der Waals surface area contributed by atoms with Gasteiger partial charge in [-0.2, -0.15) is 15.5 Å². The van der Waals surface area contributed by atoms with Crippen LogP contribution < -0.4 is 10.1 Å². The smallest absolute Gasteiger partial charge is 0.248 e. The first-order valence-corrected chi connectivity index (χ1v) is 9.55. The standard InChI is InChI=1S/C24H18N6O/c1-16-13-19(5-3-11-25)14-17(2)22(16)31-23-21-6-4-12-30(21)29-24(28-23)27-20-9-7-18(15-26)8-10-20/h3-10,12-14H,1-2H3,(H,27,29)/b5-3+. The van der Waals surface area contributed by atoms with E-state index in [2.05, 4.69) is 21.5 Å². The van der Waals surface area contributed by atoms with Gasteiger partial charge in [0.15, 0.2) is 0 Å². The molecule has 0 saturated carbocycles. The predicted octanol–water partition coefficient (Wildman–Crippen LogP) is 5.29. The molecule has 0 unspecified atom stereocenters. The van der Waals surface area contributed by atoms with Crippen LogP contribution in [0.1, 0.15) is 22.3 Å². The first-order valence-electron chi connectivity index (χ1n) is 9.55. The highest BCUT2D eigenvalue weighted by Crippen LogP contribution is 2.32. The summed E-state index contributed by atoms with van der Waals surface area (Å²) in [6.07, 6.45) is 5.03. The molecular formula is C24H18N6O. The van der Waals surface area contributed by atoms with E-state index in [-0.39, 0.29) is 0 Å². The summed E-state index contributed by atoms with van der Waals surface area (Å²) >= 11 is 0. The number of fused-ring (bicyclic) bond motifs is 1. The van der Waals surface area contributed by atoms with E-state index in [1.165, 1.54) is 6.08 Å². The van der Waals surface area contributed by atoms with Crippen LogP contribution in [-0.4, -0.2) is 14.6 Å². The minimum atomic E-state index is 0.368. The summed E-state index contributed by atoms with van der Waals surface area (Å²) in [5.74, 6) is 1.50. The van der Waals surface area contributed by atoms with E-state index in [9.17, 15) is 0 Å². The van der Waals surface area contributed by atoms with Gasteiger partial charge in [-0.15, -0.1) is 5.10 Å². The maximum atomic E-state index is 8.96. The molecule has 31 heavy (non-hydrogen) atoms. The number of ether oxygens (including phenoxy) is 1. The zero-order valence-corrected chi connectivity index (χ0v) is 17.0. The molecule has 0 saturated heterocycles. The fraction of sp³-hybridized carbons (Fsp3) is 0.0833. The molecule has 0 aliphatic heterocycles. The van der Waals surface area contributed by atoms with Crippen LogP contribution in [-0.2, 0) is 0 Å². The average molecular weight is 406 g/mol. The van der Waals surface area contributed by atoms with Gasteiger partial charge >= 0.3 is 0 Å². The summed E-state index contributed by atoms with van der Waals surface area (Å²) in [6.45, 7) is 3.91. The van der Waals surface area contributed by atoms with Crippen molar-refractivity contribution >= 4 is 23.2 Å². The Morgan fingerprint density at radius 2 is 1.81 bits per heavy atom. The van der Waals surface area contributed by atoms with Crippen molar-refractivity contribution in [2.24, 2.45) is 0 Å². The Morgan fingerprint density at radius 3 is 2.48 bits per heavy atom. The molecule has 1 N–H and O–H groups in total. The van der Waals surface area contributed by atoms with Crippen LogP contribution >= 0.6 is 0 Å². The first kappa shape index (κ1) is 19.7. The van der Waals surface area contributed by atoms with Gasteiger partial charge in [0.2, 0.25) is 11.8 Å². The fourth-order valence-electron chi connectivity index (χ4n) is 3.26.